The van der Waals surface area contributed by atoms with E-state index in [-0.39, 0.29) is 11.2 Å². The molecule has 0 radical (unpaired) electrons. The van der Waals surface area contributed by atoms with E-state index < -0.39 is 0 Å². The maximum atomic E-state index is 12.4. The van der Waals surface area contributed by atoms with Gasteiger partial charge >= 0.3 is 0 Å². The van der Waals surface area contributed by atoms with Crippen molar-refractivity contribution in [3.8, 4) is 5.69 Å². The molecule has 1 atom stereocenters. The van der Waals surface area contributed by atoms with Gasteiger partial charge < -0.3 is 4.90 Å². The molecule has 2 heterocycles. The number of nitrogens with zero attached hydrogens (tertiary/aromatic N) is 5. The van der Waals surface area contributed by atoms with Crippen LogP contribution in [-0.2, 0) is 4.79 Å². The SMILES string of the molecule is CC(Sc1nnnn1-c1ccc(Cl)cc1)C(=O)N1CCCC1. The summed E-state index contributed by atoms with van der Waals surface area (Å²) in [7, 11) is 0. The molecule has 1 fully saturated rings. The normalized spacial score (nSPS) is 16.0. The molecule has 1 unspecified atom stereocenters. The second-order valence-corrected chi connectivity index (χ2v) is 6.89. The van der Waals surface area contributed by atoms with Crippen molar-refractivity contribution < 1.29 is 4.79 Å². The van der Waals surface area contributed by atoms with E-state index in [1.807, 2.05) is 24.0 Å². The third-order valence-electron chi connectivity index (χ3n) is 3.56. The van der Waals surface area contributed by atoms with E-state index in [2.05, 4.69) is 15.5 Å². The van der Waals surface area contributed by atoms with Gasteiger partial charge in [0.1, 0.15) is 0 Å². The van der Waals surface area contributed by atoms with Crippen LogP contribution in [0.15, 0.2) is 29.4 Å². The average Bonchev–Trinajstić information content (AvgIpc) is 3.18. The summed E-state index contributed by atoms with van der Waals surface area (Å²) < 4.78 is 1.62. The Kier molecular flexibility index (Phi) is 4.63. The van der Waals surface area contributed by atoms with E-state index in [9.17, 15) is 4.79 Å². The van der Waals surface area contributed by atoms with Crippen molar-refractivity contribution in [2.75, 3.05) is 13.1 Å². The molecule has 116 valence electrons. The van der Waals surface area contributed by atoms with Crippen molar-refractivity contribution in [1.29, 1.82) is 0 Å². The molecule has 3 rings (SSSR count). The number of carbonyl (C=O) groups excluding carboxylic acids is 1. The molecule has 22 heavy (non-hydrogen) atoms. The van der Waals surface area contributed by atoms with Crippen LogP contribution in [0.25, 0.3) is 5.69 Å². The molecular weight excluding hydrogens is 322 g/mol. The predicted octanol–water partition coefficient (Wildman–Crippen LogP) is 2.42. The van der Waals surface area contributed by atoms with Gasteiger partial charge in [-0.15, -0.1) is 5.10 Å². The number of hydrogen-bond donors (Lipinski definition) is 0. The molecule has 8 heteroatoms. The minimum Gasteiger partial charge on any atom is -0.342 e. The Morgan fingerprint density at radius 3 is 2.64 bits per heavy atom. The molecule has 0 spiro atoms. The van der Waals surface area contributed by atoms with Gasteiger partial charge in [-0.1, -0.05) is 23.4 Å². The molecule has 0 N–H and O–H groups in total. The van der Waals surface area contributed by atoms with Gasteiger partial charge in [0.05, 0.1) is 10.9 Å². The Hall–Kier alpha value is -1.60. The summed E-state index contributed by atoms with van der Waals surface area (Å²) in [6.07, 6.45) is 2.18. The minimum absolute atomic E-state index is 0.146. The van der Waals surface area contributed by atoms with Crippen molar-refractivity contribution in [1.82, 2.24) is 25.1 Å². The van der Waals surface area contributed by atoms with Gasteiger partial charge in [0.15, 0.2) is 0 Å². The number of aromatic nitrogens is 4. The summed E-state index contributed by atoms with van der Waals surface area (Å²) >= 11 is 7.27. The molecule has 0 saturated carbocycles. The van der Waals surface area contributed by atoms with Gasteiger partial charge in [0, 0.05) is 18.1 Å². The molecular formula is C14H16ClN5OS. The second kappa shape index (κ2) is 6.66. The zero-order chi connectivity index (χ0) is 15.5. The van der Waals surface area contributed by atoms with Crippen molar-refractivity contribution in [2.24, 2.45) is 0 Å². The first-order chi connectivity index (χ1) is 10.6. The Bertz CT molecular complexity index is 654. The van der Waals surface area contributed by atoms with Crippen LogP contribution in [0.1, 0.15) is 19.8 Å². The van der Waals surface area contributed by atoms with E-state index in [1.54, 1.807) is 16.8 Å². The largest absolute Gasteiger partial charge is 0.342 e. The van der Waals surface area contributed by atoms with Crippen molar-refractivity contribution in [3.05, 3.63) is 29.3 Å². The molecule has 1 aromatic heterocycles. The fraction of sp³-hybridized carbons (Fsp3) is 0.429. The summed E-state index contributed by atoms with van der Waals surface area (Å²) in [6.45, 7) is 3.60. The monoisotopic (exact) mass is 337 g/mol. The minimum atomic E-state index is -0.213. The van der Waals surface area contributed by atoms with Crippen LogP contribution in [0.2, 0.25) is 5.02 Å². The van der Waals surface area contributed by atoms with Gasteiger partial charge in [-0.05, 0) is 54.5 Å². The lowest BCUT2D eigenvalue weighted by Gasteiger charge is -2.19. The number of halogens is 1. The summed E-state index contributed by atoms with van der Waals surface area (Å²) in [5.41, 5.74) is 0.817. The molecule has 2 aromatic rings. The Balaban J connectivity index is 1.74. The molecule has 1 amide bonds. The summed E-state index contributed by atoms with van der Waals surface area (Å²) in [5, 5.41) is 12.8. The molecule has 1 saturated heterocycles. The lowest BCUT2D eigenvalue weighted by Crippen LogP contribution is -2.34. The third kappa shape index (κ3) is 3.25. The van der Waals surface area contributed by atoms with E-state index in [4.69, 9.17) is 11.6 Å². The van der Waals surface area contributed by atoms with Crippen LogP contribution in [0.3, 0.4) is 0 Å². The highest BCUT2D eigenvalue weighted by Gasteiger charge is 2.25. The van der Waals surface area contributed by atoms with Gasteiger partial charge in [-0.3, -0.25) is 4.79 Å². The number of carbonyl (C=O) groups is 1. The van der Waals surface area contributed by atoms with Crippen LogP contribution in [0.5, 0.6) is 0 Å². The molecule has 1 aliphatic rings. The predicted molar refractivity (Wildman–Crippen MR) is 85.3 cm³/mol. The number of thioether (sulfide) groups is 1. The quantitative estimate of drug-likeness (QED) is 0.802. The molecule has 1 aliphatic heterocycles. The molecule has 1 aromatic carbocycles. The van der Waals surface area contributed by atoms with Gasteiger partial charge in [-0.2, -0.15) is 4.68 Å². The molecule has 6 nitrogen and oxygen atoms in total. The number of hydrogen-bond acceptors (Lipinski definition) is 5. The summed E-state index contributed by atoms with van der Waals surface area (Å²) in [4.78, 5) is 14.3. The van der Waals surface area contributed by atoms with Crippen molar-refractivity contribution in [2.45, 2.75) is 30.2 Å². The number of tetrazole rings is 1. The number of rotatable bonds is 4. The smallest absolute Gasteiger partial charge is 0.235 e. The van der Waals surface area contributed by atoms with Crippen LogP contribution >= 0.6 is 23.4 Å². The maximum absolute atomic E-state index is 12.4. The standard InChI is InChI=1S/C14H16ClN5OS/c1-10(13(21)19-8-2-3-9-19)22-14-16-17-18-20(14)12-6-4-11(15)5-7-12/h4-7,10H,2-3,8-9H2,1H3. The lowest BCUT2D eigenvalue weighted by molar-refractivity contribution is -0.129. The zero-order valence-electron chi connectivity index (χ0n) is 12.1. The first kappa shape index (κ1) is 15.3. The van der Waals surface area contributed by atoms with E-state index in [0.29, 0.717) is 10.2 Å². The highest BCUT2D eigenvalue weighted by molar-refractivity contribution is 8.00. The zero-order valence-corrected chi connectivity index (χ0v) is 13.7. The van der Waals surface area contributed by atoms with E-state index in [1.165, 1.54) is 11.8 Å². The van der Waals surface area contributed by atoms with Crippen LogP contribution in [0.4, 0.5) is 0 Å². The van der Waals surface area contributed by atoms with Crippen LogP contribution in [-0.4, -0.2) is 49.4 Å². The fourth-order valence-corrected chi connectivity index (χ4v) is 3.42. The van der Waals surface area contributed by atoms with E-state index >= 15 is 0 Å². The number of amides is 1. The summed E-state index contributed by atoms with van der Waals surface area (Å²) in [6, 6.07) is 7.25. The number of likely N-dealkylation sites (tertiary alicyclic amines) is 1. The third-order valence-corrected chi connectivity index (χ3v) is 4.83. The number of benzene rings is 1. The molecule has 0 aliphatic carbocycles. The van der Waals surface area contributed by atoms with Gasteiger partial charge in [0.2, 0.25) is 11.1 Å². The highest BCUT2D eigenvalue weighted by Crippen LogP contribution is 2.25. The summed E-state index contributed by atoms with van der Waals surface area (Å²) in [5.74, 6) is 0.146. The maximum Gasteiger partial charge on any atom is 0.235 e. The van der Waals surface area contributed by atoms with Gasteiger partial charge in [-0.25, -0.2) is 0 Å². The topological polar surface area (TPSA) is 63.9 Å². The van der Waals surface area contributed by atoms with Crippen molar-refractivity contribution >= 4 is 29.3 Å². The lowest BCUT2D eigenvalue weighted by atomic mass is 10.3. The molecule has 0 bridgehead atoms. The van der Waals surface area contributed by atoms with Gasteiger partial charge in [0.25, 0.3) is 0 Å². The Morgan fingerprint density at radius 2 is 1.95 bits per heavy atom. The Morgan fingerprint density at radius 1 is 1.27 bits per heavy atom. The first-order valence-corrected chi connectivity index (χ1v) is 8.40. The first-order valence-electron chi connectivity index (χ1n) is 7.15. The van der Waals surface area contributed by atoms with Crippen LogP contribution < -0.4 is 0 Å². The second-order valence-electron chi connectivity index (χ2n) is 5.14. The Labute approximate surface area is 137 Å². The highest BCUT2D eigenvalue weighted by atomic mass is 35.5. The average molecular weight is 338 g/mol. The fourth-order valence-electron chi connectivity index (χ4n) is 2.40. The van der Waals surface area contributed by atoms with Crippen LogP contribution in [0, 0.1) is 0 Å². The van der Waals surface area contributed by atoms with Crippen molar-refractivity contribution in [3.63, 3.8) is 0 Å². The van der Waals surface area contributed by atoms with E-state index in [0.717, 1.165) is 31.6 Å².